The van der Waals surface area contributed by atoms with Gasteiger partial charge in [-0.05, 0) is 82.2 Å². The lowest BCUT2D eigenvalue weighted by atomic mass is 10.1. The summed E-state index contributed by atoms with van der Waals surface area (Å²) in [5.74, 6) is 0. The first-order valence-corrected chi connectivity index (χ1v) is 16.3. The highest BCUT2D eigenvalue weighted by atomic mass is 32.1. The highest BCUT2D eigenvalue weighted by molar-refractivity contribution is 7.29. The molecule has 0 fully saturated rings. The Morgan fingerprint density at radius 3 is 1.32 bits per heavy atom. The third kappa shape index (κ3) is 3.95. The Balaban J connectivity index is 1.15. The SMILES string of the molecule is Fc1ccc(-c2ncc(-c3cc4cc5cc6sc(-c7cnc(-c8ccc(F)s8)s7)cc6cc5cc4s3)s2)s1. The van der Waals surface area contributed by atoms with Gasteiger partial charge in [0.05, 0.1) is 19.5 Å². The Kier molecular flexibility index (Phi) is 5.36. The monoisotopic (exact) mass is 606 g/mol. The molecule has 0 saturated carbocycles. The first-order valence-electron chi connectivity index (χ1n) is 11.4. The van der Waals surface area contributed by atoms with Gasteiger partial charge >= 0.3 is 0 Å². The number of thiazole rings is 2. The molecule has 184 valence electrons. The molecule has 38 heavy (non-hydrogen) atoms. The van der Waals surface area contributed by atoms with Crippen LogP contribution in [0.5, 0.6) is 0 Å². The van der Waals surface area contributed by atoms with Crippen LogP contribution < -0.4 is 0 Å². The number of halogens is 2. The molecule has 0 N–H and O–H groups in total. The summed E-state index contributed by atoms with van der Waals surface area (Å²) in [5.41, 5.74) is 0. The van der Waals surface area contributed by atoms with Crippen LogP contribution in [-0.2, 0) is 0 Å². The van der Waals surface area contributed by atoms with Crippen molar-refractivity contribution in [1.29, 1.82) is 0 Å². The molecular weight excluding hydrogens is 595 g/mol. The Bertz CT molecular complexity index is 1920. The van der Waals surface area contributed by atoms with Gasteiger partial charge < -0.3 is 0 Å². The zero-order chi connectivity index (χ0) is 25.4. The molecule has 8 aromatic rings. The predicted octanol–water partition coefficient (Wildman–Crippen LogP) is 11.3. The van der Waals surface area contributed by atoms with Crippen molar-refractivity contribution < 1.29 is 8.78 Å². The summed E-state index contributed by atoms with van der Waals surface area (Å²) in [5, 5.41) is 6.16. The number of hydrogen-bond acceptors (Lipinski definition) is 8. The Morgan fingerprint density at radius 2 is 0.895 bits per heavy atom. The molecule has 0 aliphatic carbocycles. The van der Waals surface area contributed by atoms with Crippen molar-refractivity contribution in [2.45, 2.75) is 0 Å². The van der Waals surface area contributed by atoms with Crippen LogP contribution in [0.2, 0.25) is 0 Å². The van der Waals surface area contributed by atoms with Gasteiger partial charge in [0, 0.05) is 31.5 Å². The van der Waals surface area contributed by atoms with E-state index in [4.69, 9.17) is 0 Å². The molecule has 2 nitrogen and oxygen atoms in total. The first kappa shape index (κ1) is 23.1. The Labute approximate surface area is 238 Å². The van der Waals surface area contributed by atoms with Crippen LogP contribution in [0.15, 0.2) is 73.1 Å². The minimum absolute atomic E-state index is 0.191. The normalized spacial score (nSPS) is 11.9. The number of rotatable bonds is 4. The molecule has 10 heteroatoms. The van der Waals surface area contributed by atoms with Crippen LogP contribution in [0.1, 0.15) is 0 Å². The molecule has 8 rings (SSSR count). The molecule has 0 atom stereocenters. The van der Waals surface area contributed by atoms with Crippen molar-refractivity contribution >= 4 is 99.0 Å². The van der Waals surface area contributed by atoms with Gasteiger partial charge in [0.2, 0.25) is 0 Å². The van der Waals surface area contributed by atoms with Gasteiger partial charge in [0.25, 0.3) is 0 Å². The van der Waals surface area contributed by atoms with Crippen molar-refractivity contribution in [1.82, 2.24) is 9.97 Å². The van der Waals surface area contributed by atoms with E-state index in [9.17, 15) is 8.78 Å². The summed E-state index contributed by atoms with van der Waals surface area (Å²) in [4.78, 5) is 15.3. The summed E-state index contributed by atoms with van der Waals surface area (Å²) in [6.45, 7) is 0. The smallest absolute Gasteiger partial charge is 0.177 e. The second kappa shape index (κ2) is 8.84. The zero-order valence-electron chi connectivity index (χ0n) is 19.0. The predicted molar refractivity (Wildman–Crippen MR) is 163 cm³/mol. The van der Waals surface area contributed by atoms with E-state index in [1.807, 2.05) is 12.4 Å². The van der Waals surface area contributed by atoms with Crippen LogP contribution in [0.4, 0.5) is 8.78 Å². The van der Waals surface area contributed by atoms with Crippen LogP contribution in [0.3, 0.4) is 0 Å². The molecule has 0 radical (unpaired) electrons. The van der Waals surface area contributed by atoms with Gasteiger partial charge in [-0.15, -0.1) is 68.0 Å². The number of aromatic nitrogens is 2. The molecular formula is C28H12F2N2S6. The van der Waals surface area contributed by atoms with E-state index in [0.29, 0.717) is 0 Å². The van der Waals surface area contributed by atoms with E-state index < -0.39 is 0 Å². The maximum Gasteiger partial charge on any atom is 0.177 e. The molecule has 0 unspecified atom stereocenters. The highest BCUT2D eigenvalue weighted by Crippen LogP contribution is 2.44. The number of benzene rings is 2. The fraction of sp³-hybridized carbons (Fsp3) is 0. The summed E-state index contributed by atoms with van der Waals surface area (Å²) in [6, 6.07) is 20.1. The van der Waals surface area contributed by atoms with Gasteiger partial charge in [0.15, 0.2) is 10.3 Å². The maximum atomic E-state index is 13.5. The molecule has 0 amide bonds. The van der Waals surface area contributed by atoms with Crippen LogP contribution in [0.25, 0.3) is 70.2 Å². The van der Waals surface area contributed by atoms with Crippen LogP contribution >= 0.6 is 68.0 Å². The van der Waals surface area contributed by atoms with Gasteiger partial charge in [0.1, 0.15) is 10.0 Å². The lowest BCUT2D eigenvalue weighted by Gasteiger charge is -1.99. The van der Waals surface area contributed by atoms with Crippen molar-refractivity contribution in [2.75, 3.05) is 0 Å². The van der Waals surface area contributed by atoms with Gasteiger partial charge in [-0.25, -0.2) is 9.97 Å². The number of thiophene rings is 4. The number of nitrogens with zero attached hydrogens (tertiary/aromatic N) is 2. The topological polar surface area (TPSA) is 25.8 Å². The van der Waals surface area contributed by atoms with Gasteiger partial charge in [-0.2, -0.15) is 8.78 Å². The fourth-order valence-corrected chi connectivity index (χ4v) is 10.2. The molecule has 6 heterocycles. The maximum absolute atomic E-state index is 13.5. The van der Waals surface area contributed by atoms with E-state index in [1.54, 1.807) is 57.5 Å². The standard InChI is InChI=1S/C28H12F2N2S6/c29-25-3-1-17(35-25)27-31-11-23(37-27)21-9-15-5-13-8-20-16(6-14(13)7-19(15)33-21)10-22(34-20)24-12-32-28(38-24)18-2-4-26(30)36-18/h1-12H. The lowest BCUT2D eigenvalue weighted by Crippen LogP contribution is -1.72. The van der Waals surface area contributed by atoms with Crippen molar-refractivity contribution in [3.05, 3.63) is 83.3 Å². The van der Waals surface area contributed by atoms with E-state index >= 15 is 0 Å². The van der Waals surface area contributed by atoms with E-state index in [0.717, 1.165) is 52.2 Å². The fourth-order valence-electron chi connectivity index (χ4n) is 4.43. The van der Waals surface area contributed by atoms with Crippen molar-refractivity contribution in [3.63, 3.8) is 0 Å². The molecule has 0 saturated heterocycles. The minimum Gasteiger partial charge on any atom is -0.243 e. The number of fused-ring (bicyclic) bond motifs is 3. The first-order chi connectivity index (χ1) is 18.6. The van der Waals surface area contributed by atoms with Crippen LogP contribution in [-0.4, -0.2) is 9.97 Å². The average Bonchev–Trinajstić information content (AvgIpc) is 3.71. The third-order valence-corrected chi connectivity index (χ3v) is 12.8. The third-order valence-electron chi connectivity index (χ3n) is 6.18. The highest BCUT2D eigenvalue weighted by Gasteiger charge is 2.15. The Hall–Kier alpha value is -2.86. The number of hydrogen-bond donors (Lipinski definition) is 0. The summed E-state index contributed by atoms with van der Waals surface area (Å²) < 4.78 is 29.4. The molecule has 0 aliphatic rings. The minimum atomic E-state index is -0.191. The molecule has 0 aliphatic heterocycles. The van der Waals surface area contributed by atoms with E-state index in [1.165, 1.54) is 52.8 Å². The van der Waals surface area contributed by atoms with Crippen molar-refractivity contribution in [2.24, 2.45) is 0 Å². The van der Waals surface area contributed by atoms with Gasteiger partial charge in [-0.3, -0.25) is 0 Å². The van der Waals surface area contributed by atoms with Crippen molar-refractivity contribution in [3.8, 4) is 39.3 Å². The second-order valence-corrected chi connectivity index (χ2v) is 14.9. The molecule has 0 bridgehead atoms. The van der Waals surface area contributed by atoms with E-state index in [2.05, 4.69) is 46.4 Å². The molecule has 2 aromatic carbocycles. The second-order valence-electron chi connectivity index (χ2n) is 8.62. The lowest BCUT2D eigenvalue weighted by molar-refractivity contribution is 0.657. The quantitative estimate of drug-likeness (QED) is 0.199. The average molecular weight is 607 g/mol. The molecule has 0 spiro atoms. The zero-order valence-corrected chi connectivity index (χ0v) is 23.9. The largest absolute Gasteiger partial charge is 0.243 e. The Morgan fingerprint density at radius 1 is 0.421 bits per heavy atom. The van der Waals surface area contributed by atoms with Crippen LogP contribution in [0, 0.1) is 10.3 Å². The summed E-state index contributed by atoms with van der Waals surface area (Å²) in [7, 11) is 0. The molecule has 6 aromatic heterocycles. The summed E-state index contributed by atoms with van der Waals surface area (Å²) >= 11 is 8.97. The van der Waals surface area contributed by atoms with E-state index in [-0.39, 0.29) is 10.3 Å². The summed E-state index contributed by atoms with van der Waals surface area (Å²) in [6.07, 6.45) is 3.78. The van der Waals surface area contributed by atoms with Gasteiger partial charge in [-0.1, -0.05) is 0 Å².